The molecule has 0 aliphatic carbocycles. The van der Waals surface area contributed by atoms with E-state index in [2.05, 4.69) is 20.9 Å². The van der Waals surface area contributed by atoms with Gasteiger partial charge in [0.1, 0.15) is 11.5 Å². The Morgan fingerprint density at radius 2 is 2.16 bits per heavy atom. The van der Waals surface area contributed by atoms with Crippen LogP contribution in [0.3, 0.4) is 0 Å². The Morgan fingerprint density at radius 1 is 1.26 bits per heavy atom. The molecular weight excluding hydrogens is 304 g/mol. The first-order chi connectivity index (χ1) is 9.24. The number of carbonyl (C=O) groups excluding carboxylic acids is 1. The van der Waals surface area contributed by atoms with Crippen molar-refractivity contribution in [2.75, 3.05) is 6.54 Å². The molecule has 3 nitrogen and oxygen atoms in total. The highest BCUT2D eigenvalue weighted by Gasteiger charge is 2.30. The van der Waals surface area contributed by atoms with Crippen LogP contribution in [-0.4, -0.2) is 23.2 Å². The van der Waals surface area contributed by atoms with Crippen molar-refractivity contribution in [2.24, 2.45) is 4.99 Å². The normalized spacial score (nSPS) is 21.3. The lowest BCUT2D eigenvalue weighted by molar-refractivity contribution is -0.122. The average Bonchev–Trinajstić information content (AvgIpc) is 2.58. The molecule has 0 radical (unpaired) electrons. The summed E-state index contributed by atoms with van der Waals surface area (Å²) in [6.07, 6.45) is 6.19. The molecule has 1 saturated heterocycles. The first-order valence-corrected chi connectivity index (χ1v) is 7.40. The maximum absolute atomic E-state index is 12.3. The maximum Gasteiger partial charge on any atom is 0.277 e. The molecule has 98 valence electrons. The highest BCUT2D eigenvalue weighted by molar-refractivity contribution is 9.10. The van der Waals surface area contributed by atoms with Gasteiger partial charge in [-0.2, -0.15) is 0 Å². The molecule has 2 heterocycles. The van der Waals surface area contributed by atoms with Crippen molar-refractivity contribution < 1.29 is 4.79 Å². The predicted molar refractivity (Wildman–Crippen MR) is 79.7 cm³/mol. The molecule has 19 heavy (non-hydrogen) atoms. The van der Waals surface area contributed by atoms with Gasteiger partial charge in [0.15, 0.2) is 0 Å². The molecule has 0 unspecified atom stereocenters. The lowest BCUT2D eigenvalue weighted by atomic mass is 10.2. The van der Waals surface area contributed by atoms with Gasteiger partial charge in [0.05, 0.1) is 0 Å². The number of fused-ring (bicyclic) bond motifs is 1. The molecule has 1 amide bonds. The summed E-state index contributed by atoms with van der Waals surface area (Å²) in [4.78, 5) is 18.7. The Bertz CT molecular complexity index is 577. The van der Waals surface area contributed by atoms with Gasteiger partial charge in [-0.25, -0.2) is 4.99 Å². The smallest absolute Gasteiger partial charge is 0.277 e. The Labute approximate surface area is 121 Å². The third-order valence-electron chi connectivity index (χ3n) is 3.46. The summed E-state index contributed by atoms with van der Waals surface area (Å²) in [5.41, 5.74) is 1.56. The van der Waals surface area contributed by atoms with Crippen LogP contribution in [0.25, 0.3) is 6.08 Å². The lowest BCUT2D eigenvalue weighted by Crippen LogP contribution is -2.31. The van der Waals surface area contributed by atoms with Crippen molar-refractivity contribution in [3.05, 3.63) is 40.0 Å². The third kappa shape index (κ3) is 2.63. The van der Waals surface area contributed by atoms with Gasteiger partial charge in [0, 0.05) is 17.4 Å². The molecule has 4 heteroatoms. The molecule has 0 N–H and O–H groups in total. The molecule has 0 saturated carbocycles. The minimum absolute atomic E-state index is 0.0527. The fourth-order valence-corrected chi connectivity index (χ4v) is 2.92. The Hall–Kier alpha value is -1.42. The van der Waals surface area contributed by atoms with Crippen LogP contribution in [-0.2, 0) is 4.79 Å². The number of amides is 1. The quantitative estimate of drug-likeness (QED) is 0.728. The van der Waals surface area contributed by atoms with Crippen LogP contribution in [0.1, 0.15) is 31.2 Å². The zero-order valence-corrected chi connectivity index (χ0v) is 12.2. The van der Waals surface area contributed by atoms with Gasteiger partial charge >= 0.3 is 0 Å². The lowest BCUT2D eigenvalue weighted by Gasteiger charge is -2.13. The van der Waals surface area contributed by atoms with E-state index in [1.54, 1.807) is 0 Å². The fourth-order valence-electron chi connectivity index (χ4n) is 2.50. The van der Waals surface area contributed by atoms with Crippen LogP contribution in [0.4, 0.5) is 0 Å². The van der Waals surface area contributed by atoms with E-state index in [0.29, 0.717) is 5.70 Å². The molecule has 2 aliphatic heterocycles. The van der Waals surface area contributed by atoms with Crippen molar-refractivity contribution in [1.29, 1.82) is 0 Å². The summed E-state index contributed by atoms with van der Waals surface area (Å²) in [6, 6.07) is 7.90. The van der Waals surface area contributed by atoms with Gasteiger partial charge in [0.2, 0.25) is 0 Å². The van der Waals surface area contributed by atoms with Gasteiger partial charge in [-0.15, -0.1) is 0 Å². The summed E-state index contributed by atoms with van der Waals surface area (Å²) >= 11 is 3.44. The van der Waals surface area contributed by atoms with E-state index in [4.69, 9.17) is 0 Å². The largest absolute Gasteiger partial charge is 0.295 e. The van der Waals surface area contributed by atoms with Gasteiger partial charge in [-0.1, -0.05) is 34.5 Å². The van der Waals surface area contributed by atoms with Crippen LogP contribution >= 0.6 is 15.9 Å². The van der Waals surface area contributed by atoms with Crippen LogP contribution < -0.4 is 0 Å². The van der Waals surface area contributed by atoms with E-state index in [1.165, 1.54) is 6.42 Å². The van der Waals surface area contributed by atoms with Crippen molar-refractivity contribution in [2.45, 2.75) is 25.7 Å². The number of halogens is 1. The summed E-state index contributed by atoms with van der Waals surface area (Å²) < 4.78 is 1.01. The molecule has 0 aromatic heterocycles. The van der Waals surface area contributed by atoms with Gasteiger partial charge < -0.3 is 0 Å². The Balaban J connectivity index is 1.92. The Morgan fingerprint density at radius 3 is 3.00 bits per heavy atom. The number of nitrogens with zero attached hydrogens (tertiary/aromatic N) is 2. The zero-order valence-electron chi connectivity index (χ0n) is 10.6. The zero-order chi connectivity index (χ0) is 13.2. The fraction of sp³-hybridized carbons (Fsp3) is 0.333. The van der Waals surface area contributed by atoms with Crippen LogP contribution in [0.15, 0.2) is 39.4 Å². The van der Waals surface area contributed by atoms with E-state index in [9.17, 15) is 4.79 Å². The maximum atomic E-state index is 12.3. The predicted octanol–water partition coefficient (Wildman–Crippen LogP) is 3.60. The number of amidine groups is 1. The van der Waals surface area contributed by atoms with Gasteiger partial charge in [0.25, 0.3) is 5.91 Å². The van der Waals surface area contributed by atoms with E-state index in [-0.39, 0.29) is 5.91 Å². The second kappa shape index (κ2) is 5.29. The van der Waals surface area contributed by atoms with E-state index >= 15 is 0 Å². The first-order valence-electron chi connectivity index (χ1n) is 6.61. The number of hydrogen-bond acceptors (Lipinski definition) is 2. The van der Waals surface area contributed by atoms with Crippen molar-refractivity contribution in [3.8, 4) is 0 Å². The van der Waals surface area contributed by atoms with Crippen molar-refractivity contribution >= 4 is 33.7 Å². The standard InChI is InChI=1S/C15H15BrN2O/c16-12-6-4-5-11(9-12)10-13-15(19)18-8-3-1-2-7-14(18)17-13/h4-6,9-10H,1-3,7-8H2. The number of benzene rings is 1. The highest BCUT2D eigenvalue weighted by atomic mass is 79.9. The summed E-state index contributed by atoms with van der Waals surface area (Å²) in [5, 5.41) is 0. The molecule has 1 aromatic carbocycles. The van der Waals surface area contributed by atoms with Crippen LogP contribution in [0, 0.1) is 0 Å². The monoisotopic (exact) mass is 318 g/mol. The minimum Gasteiger partial charge on any atom is -0.295 e. The second-order valence-electron chi connectivity index (χ2n) is 4.88. The van der Waals surface area contributed by atoms with Gasteiger partial charge in [-0.05, 0) is 36.6 Å². The number of hydrogen-bond donors (Lipinski definition) is 0. The number of aliphatic imine (C=N–C) groups is 1. The van der Waals surface area contributed by atoms with Gasteiger partial charge in [-0.3, -0.25) is 9.69 Å². The Kier molecular flexibility index (Phi) is 3.51. The summed E-state index contributed by atoms with van der Waals surface area (Å²) in [5.74, 6) is 1.00. The van der Waals surface area contributed by atoms with Crippen LogP contribution in [0.5, 0.6) is 0 Å². The molecule has 1 fully saturated rings. The average molecular weight is 319 g/mol. The van der Waals surface area contributed by atoms with E-state index in [1.807, 2.05) is 35.2 Å². The molecule has 3 rings (SSSR count). The summed E-state index contributed by atoms with van der Waals surface area (Å²) in [6.45, 7) is 0.813. The SMILES string of the molecule is O=C1C(=Cc2cccc(Br)c2)N=C2CCCCCN12. The first kappa shape index (κ1) is 12.6. The van der Waals surface area contributed by atoms with E-state index in [0.717, 1.165) is 41.7 Å². The number of carbonyl (C=O) groups is 1. The van der Waals surface area contributed by atoms with E-state index < -0.39 is 0 Å². The summed E-state index contributed by atoms with van der Waals surface area (Å²) in [7, 11) is 0. The third-order valence-corrected chi connectivity index (χ3v) is 3.95. The molecule has 0 spiro atoms. The molecule has 0 bridgehead atoms. The minimum atomic E-state index is 0.0527. The van der Waals surface area contributed by atoms with Crippen LogP contribution in [0.2, 0.25) is 0 Å². The molecule has 1 aromatic rings. The topological polar surface area (TPSA) is 32.7 Å². The second-order valence-corrected chi connectivity index (χ2v) is 5.80. The molecular formula is C15H15BrN2O. The highest BCUT2D eigenvalue weighted by Crippen LogP contribution is 2.24. The van der Waals surface area contributed by atoms with Crippen molar-refractivity contribution in [1.82, 2.24) is 4.90 Å². The van der Waals surface area contributed by atoms with Crippen molar-refractivity contribution in [3.63, 3.8) is 0 Å². The molecule has 0 atom stereocenters. The number of rotatable bonds is 1. The molecule has 2 aliphatic rings.